The Bertz CT molecular complexity index is 733. The molecular weight excluding hydrogens is 264 g/mol. The van der Waals surface area contributed by atoms with Crippen molar-refractivity contribution < 1.29 is 0 Å². The van der Waals surface area contributed by atoms with Crippen molar-refractivity contribution in [2.24, 2.45) is 0 Å². The standard InChI is InChI=1S/C17H18N2S/c1-17(2,3)19-16-18-15(11-20-16)14-10-6-8-12-7-4-5-9-13(12)14/h4-11H,1-3H3,(H,18,19). The maximum Gasteiger partial charge on any atom is 0.183 e. The minimum atomic E-state index is 0.0356. The van der Waals surface area contributed by atoms with Crippen LogP contribution < -0.4 is 5.32 Å². The highest BCUT2D eigenvalue weighted by Crippen LogP contribution is 2.31. The molecule has 0 unspecified atom stereocenters. The number of hydrogen-bond acceptors (Lipinski definition) is 3. The first kappa shape index (κ1) is 13.1. The summed E-state index contributed by atoms with van der Waals surface area (Å²) >= 11 is 1.66. The number of nitrogens with zero attached hydrogens (tertiary/aromatic N) is 1. The molecule has 0 saturated carbocycles. The van der Waals surface area contributed by atoms with Crippen molar-refractivity contribution >= 4 is 27.2 Å². The van der Waals surface area contributed by atoms with E-state index in [9.17, 15) is 0 Å². The van der Waals surface area contributed by atoms with Gasteiger partial charge < -0.3 is 5.32 Å². The summed E-state index contributed by atoms with van der Waals surface area (Å²) in [5.74, 6) is 0. The summed E-state index contributed by atoms with van der Waals surface area (Å²) in [5, 5.41) is 9.03. The van der Waals surface area contributed by atoms with Gasteiger partial charge in [-0.1, -0.05) is 42.5 Å². The predicted octanol–water partition coefficient (Wildman–Crippen LogP) is 5.17. The molecule has 0 bridgehead atoms. The van der Waals surface area contributed by atoms with E-state index in [1.165, 1.54) is 16.3 Å². The van der Waals surface area contributed by atoms with Crippen LogP contribution in [0.1, 0.15) is 20.8 Å². The van der Waals surface area contributed by atoms with Gasteiger partial charge in [-0.05, 0) is 31.5 Å². The lowest BCUT2D eigenvalue weighted by molar-refractivity contribution is 0.633. The number of nitrogens with one attached hydrogen (secondary N) is 1. The lowest BCUT2D eigenvalue weighted by Crippen LogP contribution is -2.25. The highest BCUT2D eigenvalue weighted by Gasteiger charge is 2.13. The van der Waals surface area contributed by atoms with Crippen molar-refractivity contribution in [3.63, 3.8) is 0 Å². The Morgan fingerprint density at radius 3 is 2.55 bits per heavy atom. The van der Waals surface area contributed by atoms with E-state index in [4.69, 9.17) is 4.98 Å². The summed E-state index contributed by atoms with van der Waals surface area (Å²) < 4.78 is 0. The van der Waals surface area contributed by atoms with E-state index in [1.807, 2.05) is 0 Å². The first-order valence-corrected chi connectivity index (χ1v) is 7.63. The smallest absolute Gasteiger partial charge is 0.183 e. The van der Waals surface area contributed by atoms with Gasteiger partial charge in [-0.2, -0.15) is 0 Å². The normalized spacial score (nSPS) is 11.8. The summed E-state index contributed by atoms with van der Waals surface area (Å²) in [5.41, 5.74) is 2.27. The van der Waals surface area contributed by atoms with E-state index < -0.39 is 0 Å². The first-order chi connectivity index (χ1) is 9.53. The summed E-state index contributed by atoms with van der Waals surface area (Å²) in [6.45, 7) is 6.43. The summed E-state index contributed by atoms with van der Waals surface area (Å²) in [4.78, 5) is 4.72. The zero-order chi connectivity index (χ0) is 14.2. The number of aromatic nitrogens is 1. The van der Waals surface area contributed by atoms with Crippen LogP contribution in [0.3, 0.4) is 0 Å². The molecule has 0 aliphatic carbocycles. The number of rotatable bonds is 2. The molecule has 2 nitrogen and oxygen atoms in total. The molecule has 3 aromatic rings. The van der Waals surface area contributed by atoms with Crippen LogP contribution in [0.2, 0.25) is 0 Å². The Morgan fingerprint density at radius 1 is 1.00 bits per heavy atom. The molecule has 0 atom stereocenters. The molecule has 1 N–H and O–H groups in total. The van der Waals surface area contributed by atoms with Gasteiger partial charge >= 0.3 is 0 Å². The SMILES string of the molecule is CC(C)(C)Nc1nc(-c2cccc3ccccc23)cs1. The summed E-state index contributed by atoms with van der Waals surface area (Å²) in [6.07, 6.45) is 0. The highest BCUT2D eigenvalue weighted by atomic mass is 32.1. The number of fused-ring (bicyclic) bond motifs is 1. The van der Waals surface area contributed by atoms with Crippen LogP contribution in [0.4, 0.5) is 5.13 Å². The van der Waals surface area contributed by atoms with Gasteiger partial charge in [0.1, 0.15) is 0 Å². The van der Waals surface area contributed by atoms with Gasteiger partial charge in [0.25, 0.3) is 0 Å². The summed E-state index contributed by atoms with van der Waals surface area (Å²) in [7, 11) is 0. The molecule has 1 heterocycles. The molecule has 1 aromatic heterocycles. The van der Waals surface area contributed by atoms with Gasteiger partial charge in [0.05, 0.1) is 5.69 Å². The Hall–Kier alpha value is -1.87. The Labute approximate surface area is 123 Å². The fourth-order valence-electron chi connectivity index (χ4n) is 2.22. The molecule has 0 amide bonds. The van der Waals surface area contributed by atoms with Gasteiger partial charge in [0, 0.05) is 16.5 Å². The van der Waals surface area contributed by atoms with Crippen molar-refractivity contribution in [3.8, 4) is 11.3 Å². The van der Waals surface area contributed by atoms with Gasteiger partial charge in [-0.3, -0.25) is 0 Å². The van der Waals surface area contributed by atoms with Gasteiger partial charge in [-0.15, -0.1) is 11.3 Å². The van der Waals surface area contributed by atoms with Crippen molar-refractivity contribution in [3.05, 3.63) is 47.8 Å². The van der Waals surface area contributed by atoms with Crippen LogP contribution >= 0.6 is 11.3 Å². The van der Waals surface area contributed by atoms with Crippen molar-refractivity contribution in [1.82, 2.24) is 4.98 Å². The Kier molecular flexibility index (Phi) is 3.22. The Morgan fingerprint density at radius 2 is 1.75 bits per heavy atom. The average molecular weight is 282 g/mol. The fourth-order valence-corrected chi connectivity index (χ4v) is 3.14. The minimum Gasteiger partial charge on any atom is -0.357 e. The van der Waals surface area contributed by atoms with E-state index >= 15 is 0 Å². The fraction of sp³-hybridized carbons (Fsp3) is 0.235. The number of benzene rings is 2. The van der Waals surface area contributed by atoms with Crippen LogP contribution in [-0.4, -0.2) is 10.5 Å². The second kappa shape index (κ2) is 4.91. The Balaban J connectivity index is 2.04. The summed E-state index contributed by atoms with van der Waals surface area (Å²) in [6, 6.07) is 14.8. The molecule has 0 fully saturated rings. The average Bonchev–Trinajstić information content (AvgIpc) is 2.84. The van der Waals surface area contributed by atoms with E-state index in [0.717, 1.165) is 10.8 Å². The lowest BCUT2D eigenvalue weighted by atomic mass is 10.0. The third-order valence-electron chi connectivity index (χ3n) is 3.05. The van der Waals surface area contributed by atoms with Crippen LogP contribution in [0.5, 0.6) is 0 Å². The minimum absolute atomic E-state index is 0.0356. The van der Waals surface area contributed by atoms with Gasteiger partial charge in [0.2, 0.25) is 0 Å². The number of hydrogen-bond donors (Lipinski definition) is 1. The van der Waals surface area contributed by atoms with E-state index in [2.05, 4.69) is 73.9 Å². The van der Waals surface area contributed by atoms with E-state index in [-0.39, 0.29) is 5.54 Å². The molecule has 3 rings (SSSR count). The number of thiazole rings is 1. The molecule has 102 valence electrons. The van der Waals surface area contributed by atoms with E-state index in [0.29, 0.717) is 0 Å². The first-order valence-electron chi connectivity index (χ1n) is 6.75. The van der Waals surface area contributed by atoms with Crippen LogP contribution in [0.15, 0.2) is 47.8 Å². The molecule has 2 aromatic carbocycles. The predicted molar refractivity (Wildman–Crippen MR) is 88.4 cm³/mol. The largest absolute Gasteiger partial charge is 0.357 e. The zero-order valence-corrected chi connectivity index (χ0v) is 12.8. The topological polar surface area (TPSA) is 24.9 Å². The van der Waals surface area contributed by atoms with Gasteiger partial charge in [-0.25, -0.2) is 4.98 Å². The molecule has 0 saturated heterocycles. The van der Waals surface area contributed by atoms with Crippen LogP contribution in [-0.2, 0) is 0 Å². The molecule has 0 spiro atoms. The molecule has 0 aliphatic heterocycles. The zero-order valence-electron chi connectivity index (χ0n) is 12.0. The highest BCUT2D eigenvalue weighted by molar-refractivity contribution is 7.14. The van der Waals surface area contributed by atoms with Crippen LogP contribution in [0, 0.1) is 0 Å². The quantitative estimate of drug-likeness (QED) is 0.701. The molecule has 20 heavy (non-hydrogen) atoms. The van der Waals surface area contributed by atoms with Crippen LogP contribution in [0.25, 0.3) is 22.0 Å². The van der Waals surface area contributed by atoms with E-state index in [1.54, 1.807) is 11.3 Å². The van der Waals surface area contributed by atoms with Gasteiger partial charge in [0.15, 0.2) is 5.13 Å². The second-order valence-electron chi connectivity index (χ2n) is 5.94. The maximum absolute atomic E-state index is 4.72. The second-order valence-corrected chi connectivity index (χ2v) is 6.80. The van der Waals surface area contributed by atoms with Crippen molar-refractivity contribution in [2.45, 2.75) is 26.3 Å². The molecule has 3 heteroatoms. The molecule has 0 aliphatic rings. The maximum atomic E-state index is 4.72. The molecule has 0 radical (unpaired) electrons. The lowest BCUT2D eigenvalue weighted by Gasteiger charge is -2.19. The third kappa shape index (κ3) is 2.68. The monoisotopic (exact) mass is 282 g/mol. The van der Waals surface area contributed by atoms with Crippen molar-refractivity contribution in [2.75, 3.05) is 5.32 Å². The van der Waals surface area contributed by atoms with Crippen molar-refractivity contribution in [1.29, 1.82) is 0 Å². The number of anilines is 1. The molecular formula is C17H18N2S. The third-order valence-corrected chi connectivity index (χ3v) is 3.81.